The largest absolute Gasteiger partial charge is 0.444 e. The second-order valence-corrected chi connectivity index (χ2v) is 8.82. The number of aryl methyl sites for hydroxylation is 2. The Kier molecular flexibility index (Phi) is 5.36. The molecule has 1 aromatic carbocycles. The third-order valence-corrected chi connectivity index (χ3v) is 5.64. The Labute approximate surface area is 181 Å². The summed E-state index contributed by atoms with van der Waals surface area (Å²) >= 11 is 0. The van der Waals surface area contributed by atoms with Gasteiger partial charge >= 0.3 is 11.8 Å². The molecule has 0 atom stereocenters. The summed E-state index contributed by atoms with van der Waals surface area (Å²) < 4.78 is 9.08. The van der Waals surface area contributed by atoms with E-state index in [0.29, 0.717) is 39.3 Å². The second kappa shape index (κ2) is 7.86. The standard InChI is InChI=1S/C22H30N6O3/c1-6-27-17-12-15-14-23-24-19(16(15)13-18(17)28(7-2)20(27)29)25-8-10-26(11-9-25)21(30)31-22(3,4)5/h12-14H,6-11H2,1-5H3. The van der Waals surface area contributed by atoms with E-state index >= 15 is 0 Å². The molecular formula is C22H30N6O3. The number of rotatable bonds is 3. The van der Waals surface area contributed by atoms with Crippen LogP contribution in [0, 0.1) is 0 Å². The maximum absolute atomic E-state index is 12.7. The number of benzene rings is 1. The molecule has 0 unspecified atom stereocenters. The quantitative estimate of drug-likeness (QED) is 0.640. The van der Waals surface area contributed by atoms with E-state index in [9.17, 15) is 9.59 Å². The van der Waals surface area contributed by atoms with Crippen molar-refractivity contribution in [2.45, 2.75) is 53.3 Å². The summed E-state index contributed by atoms with van der Waals surface area (Å²) in [5.41, 5.74) is 1.31. The van der Waals surface area contributed by atoms with E-state index in [1.807, 2.05) is 46.8 Å². The molecule has 3 aromatic rings. The smallest absolute Gasteiger partial charge is 0.410 e. The Balaban J connectivity index is 1.67. The lowest BCUT2D eigenvalue weighted by molar-refractivity contribution is 0.0240. The van der Waals surface area contributed by atoms with E-state index in [1.165, 1.54) is 0 Å². The summed E-state index contributed by atoms with van der Waals surface area (Å²) in [5.74, 6) is 0.780. The predicted molar refractivity (Wildman–Crippen MR) is 121 cm³/mol. The zero-order valence-corrected chi connectivity index (χ0v) is 18.9. The van der Waals surface area contributed by atoms with E-state index in [1.54, 1.807) is 20.2 Å². The second-order valence-electron chi connectivity index (χ2n) is 8.82. The minimum atomic E-state index is -0.509. The van der Waals surface area contributed by atoms with Gasteiger partial charge in [0.15, 0.2) is 5.82 Å². The van der Waals surface area contributed by atoms with Crippen molar-refractivity contribution in [3.8, 4) is 0 Å². The molecule has 3 heterocycles. The van der Waals surface area contributed by atoms with Crippen LogP contribution in [-0.4, -0.2) is 62.1 Å². The molecule has 9 nitrogen and oxygen atoms in total. The molecule has 0 N–H and O–H groups in total. The first-order valence-electron chi connectivity index (χ1n) is 10.8. The molecule has 1 amide bonds. The number of carbonyl (C=O) groups is 1. The van der Waals surface area contributed by atoms with Crippen LogP contribution in [-0.2, 0) is 17.8 Å². The summed E-state index contributed by atoms with van der Waals surface area (Å²) in [5, 5.41) is 10.5. The molecule has 1 aliphatic rings. The van der Waals surface area contributed by atoms with Crippen LogP contribution in [0.2, 0.25) is 0 Å². The van der Waals surface area contributed by atoms with Crippen LogP contribution in [0.15, 0.2) is 23.1 Å². The number of aromatic nitrogens is 4. The highest BCUT2D eigenvalue weighted by Gasteiger charge is 2.27. The highest BCUT2D eigenvalue weighted by atomic mass is 16.6. The maximum Gasteiger partial charge on any atom is 0.410 e. The third-order valence-electron chi connectivity index (χ3n) is 5.64. The fraction of sp³-hybridized carbons (Fsp3) is 0.545. The van der Waals surface area contributed by atoms with Gasteiger partial charge in [-0.25, -0.2) is 9.59 Å². The van der Waals surface area contributed by atoms with Crippen molar-refractivity contribution in [3.05, 3.63) is 28.8 Å². The molecule has 0 bridgehead atoms. The van der Waals surface area contributed by atoms with Gasteiger partial charge in [-0.2, -0.15) is 5.10 Å². The summed E-state index contributed by atoms with van der Waals surface area (Å²) in [6.45, 7) is 13.2. The van der Waals surface area contributed by atoms with Gasteiger partial charge in [0.05, 0.1) is 17.2 Å². The van der Waals surface area contributed by atoms with Crippen LogP contribution in [0.1, 0.15) is 34.6 Å². The van der Waals surface area contributed by atoms with Crippen molar-refractivity contribution in [3.63, 3.8) is 0 Å². The molecular weight excluding hydrogens is 396 g/mol. The monoisotopic (exact) mass is 426 g/mol. The number of amides is 1. The molecule has 1 fully saturated rings. The van der Waals surface area contributed by atoms with Gasteiger partial charge in [-0.05, 0) is 46.8 Å². The Morgan fingerprint density at radius 1 is 1.03 bits per heavy atom. The molecule has 0 radical (unpaired) electrons. The Bertz CT molecular complexity index is 1180. The Morgan fingerprint density at radius 2 is 1.65 bits per heavy atom. The lowest BCUT2D eigenvalue weighted by atomic mass is 10.1. The Hall–Kier alpha value is -3.10. The highest BCUT2D eigenvalue weighted by molar-refractivity contribution is 6.00. The SMILES string of the molecule is CCn1c(=O)n(CC)c2cc3c(N4CCN(C(=O)OC(C)(C)C)CC4)nncc3cc21. The van der Waals surface area contributed by atoms with Gasteiger partial charge in [-0.15, -0.1) is 5.10 Å². The minimum Gasteiger partial charge on any atom is -0.444 e. The number of nitrogens with zero attached hydrogens (tertiary/aromatic N) is 6. The number of anilines is 1. The first-order chi connectivity index (χ1) is 14.7. The van der Waals surface area contributed by atoms with Gasteiger partial charge in [-0.1, -0.05) is 0 Å². The van der Waals surface area contributed by atoms with E-state index in [0.717, 1.165) is 27.6 Å². The van der Waals surface area contributed by atoms with Gasteiger partial charge in [0, 0.05) is 50.0 Å². The summed E-state index contributed by atoms with van der Waals surface area (Å²) in [6, 6.07) is 4.07. The van der Waals surface area contributed by atoms with E-state index in [-0.39, 0.29) is 11.8 Å². The van der Waals surface area contributed by atoms with Crippen molar-refractivity contribution < 1.29 is 9.53 Å². The minimum absolute atomic E-state index is 0.00347. The first kappa shape index (κ1) is 21.1. The van der Waals surface area contributed by atoms with Crippen LogP contribution >= 0.6 is 0 Å². The number of ether oxygens (including phenoxy) is 1. The number of fused-ring (bicyclic) bond motifs is 2. The van der Waals surface area contributed by atoms with Crippen molar-refractivity contribution in [2.75, 3.05) is 31.1 Å². The average molecular weight is 427 g/mol. The average Bonchev–Trinajstić information content (AvgIpc) is 3.00. The molecule has 1 aliphatic heterocycles. The zero-order chi connectivity index (χ0) is 22.3. The number of hydrogen-bond acceptors (Lipinski definition) is 6. The van der Waals surface area contributed by atoms with E-state index in [2.05, 4.69) is 15.1 Å². The van der Waals surface area contributed by atoms with Crippen LogP contribution < -0.4 is 10.6 Å². The predicted octanol–water partition coefficient (Wildman–Crippen LogP) is 2.84. The van der Waals surface area contributed by atoms with Gasteiger partial charge in [0.25, 0.3) is 0 Å². The lowest BCUT2D eigenvalue weighted by Crippen LogP contribution is -2.50. The van der Waals surface area contributed by atoms with Crippen molar-refractivity contribution in [2.24, 2.45) is 0 Å². The summed E-state index contributed by atoms with van der Waals surface area (Å²) in [6.07, 6.45) is 1.45. The van der Waals surface area contributed by atoms with E-state index in [4.69, 9.17) is 4.74 Å². The normalized spacial score (nSPS) is 15.1. The maximum atomic E-state index is 12.7. The first-order valence-corrected chi connectivity index (χ1v) is 10.8. The molecule has 2 aromatic heterocycles. The molecule has 0 spiro atoms. The van der Waals surface area contributed by atoms with Crippen LogP contribution in [0.25, 0.3) is 21.8 Å². The molecule has 1 saturated heterocycles. The van der Waals surface area contributed by atoms with Crippen LogP contribution in [0.5, 0.6) is 0 Å². The van der Waals surface area contributed by atoms with Crippen molar-refractivity contribution in [1.29, 1.82) is 0 Å². The van der Waals surface area contributed by atoms with Crippen molar-refractivity contribution >= 4 is 33.7 Å². The van der Waals surface area contributed by atoms with Gasteiger partial charge in [0.1, 0.15) is 5.60 Å². The molecule has 4 rings (SSSR count). The van der Waals surface area contributed by atoms with Crippen LogP contribution in [0.4, 0.5) is 10.6 Å². The zero-order valence-electron chi connectivity index (χ0n) is 18.9. The molecule has 0 saturated carbocycles. The summed E-state index contributed by atoms with van der Waals surface area (Å²) in [7, 11) is 0. The van der Waals surface area contributed by atoms with Gasteiger partial charge < -0.3 is 14.5 Å². The number of piperazine rings is 1. The fourth-order valence-corrected chi connectivity index (χ4v) is 4.15. The van der Waals surface area contributed by atoms with E-state index < -0.39 is 5.60 Å². The summed E-state index contributed by atoms with van der Waals surface area (Å²) in [4.78, 5) is 29.0. The molecule has 166 valence electrons. The fourth-order valence-electron chi connectivity index (χ4n) is 4.15. The number of hydrogen-bond donors (Lipinski definition) is 0. The molecule has 31 heavy (non-hydrogen) atoms. The number of carbonyl (C=O) groups excluding carboxylic acids is 1. The van der Waals surface area contributed by atoms with Gasteiger partial charge in [0.2, 0.25) is 0 Å². The Morgan fingerprint density at radius 3 is 2.23 bits per heavy atom. The highest BCUT2D eigenvalue weighted by Crippen LogP contribution is 2.29. The van der Waals surface area contributed by atoms with Crippen LogP contribution in [0.3, 0.4) is 0 Å². The molecule has 0 aliphatic carbocycles. The third kappa shape index (κ3) is 3.84. The van der Waals surface area contributed by atoms with Crippen molar-refractivity contribution in [1.82, 2.24) is 24.2 Å². The lowest BCUT2D eigenvalue weighted by Gasteiger charge is -2.36. The number of imidazole rings is 1. The molecule has 9 heteroatoms. The van der Waals surface area contributed by atoms with Gasteiger partial charge in [-0.3, -0.25) is 9.13 Å². The topological polar surface area (TPSA) is 85.5 Å².